The van der Waals surface area contributed by atoms with E-state index in [2.05, 4.69) is 4.98 Å². The summed E-state index contributed by atoms with van der Waals surface area (Å²) in [5, 5.41) is 0.862. The first-order valence-electron chi connectivity index (χ1n) is 5.33. The number of benzene rings is 1. The predicted molar refractivity (Wildman–Crippen MR) is 62.9 cm³/mol. The first-order chi connectivity index (χ1) is 7.85. The summed E-state index contributed by atoms with van der Waals surface area (Å²) in [7, 11) is 0. The molecule has 0 N–H and O–H groups in total. The molecule has 1 aromatic carbocycles. The van der Waals surface area contributed by atoms with E-state index in [9.17, 15) is 4.79 Å². The second kappa shape index (κ2) is 4.75. The largest absolute Gasteiger partial charge is 0.478 e. The highest BCUT2D eigenvalue weighted by atomic mass is 16.5. The molecule has 0 amide bonds. The van der Waals surface area contributed by atoms with Gasteiger partial charge in [-0.2, -0.15) is 0 Å². The second-order valence-electron chi connectivity index (χ2n) is 3.53. The van der Waals surface area contributed by atoms with Gasteiger partial charge in [-0.3, -0.25) is 4.79 Å². The van der Waals surface area contributed by atoms with Gasteiger partial charge in [0.25, 0.3) is 0 Å². The normalized spacial score (nSPS) is 10.3. The van der Waals surface area contributed by atoms with Gasteiger partial charge in [0.1, 0.15) is 0 Å². The quantitative estimate of drug-likeness (QED) is 0.736. The number of hydrogen-bond acceptors (Lipinski definition) is 3. The van der Waals surface area contributed by atoms with Crippen LogP contribution in [-0.4, -0.2) is 17.9 Å². The molecule has 0 fully saturated rings. The highest BCUT2D eigenvalue weighted by Gasteiger charge is 2.04. The SMILES string of the molecule is CCCOc1cc(C=O)c2ccccc2n1. The van der Waals surface area contributed by atoms with Crippen LogP contribution in [-0.2, 0) is 0 Å². The molecule has 2 rings (SSSR count). The van der Waals surface area contributed by atoms with Crippen molar-refractivity contribution in [2.24, 2.45) is 0 Å². The molecule has 0 bridgehead atoms. The summed E-state index contributed by atoms with van der Waals surface area (Å²) in [6.07, 6.45) is 1.76. The third kappa shape index (κ3) is 2.03. The number of pyridine rings is 1. The summed E-state index contributed by atoms with van der Waals surface area (Å²) < 4.78 is 5.44. The van der Waals surface area contributed by atoms with Crippen molar-refractivity contribution in [3.8, 4) is 5.88 Å². The first-order valence-corrected chi connectivity index (χ1v) is 5.33. The Labute approximate surface area is 94.1 Å². The second-order valence-corrected chi connectivity index (χ2v) is 3.53. The van der Waals surface area contributed by atoms with Crippen LogP contribution < -0.4 is 4.74 Å². The highest BCUT2D eigenvalue weighted by molar-refractivity contribution is 5.96. The van der Waals surface area contributed by atoms with Crippen LogP contribution >= 0.6 is 0 Å². The maximum absolute atomic E-state index is 11.0. The number of hydrogen-bond donors (Lipinski definition) is 0. The lowest BCUT2D eigenvalue weighted by Gasteiger charge is -2.06. The van der Waals surface area contributed by atoms with Crippen LogP contribution in [0.4, 0.5) is 0 Å². The number of nitrogens with zero attached hydrogens (tertiary/aromatic N) is 1. The van der Waals surface area contributed by atoms with E-state index < -0.39 is 0 Å². The average Bonchev–Trinajstić information content (AvgIpc) is 2.35. The standard InChI is InChI=1S/C13H13NO2/c1-2-7-16-13-8-10(9-15)11-5-3-4-6-12(11)14-13/h3-6,8-9H,2,7H2,1H3. The Balaban J connectivity index is 2.50. The Bertz CT molecular complexity index is 508. The molecule has 1 aromatic heterocycles. The lowest BCUT2D eigenvalue weighted by atomic mass is 10.1. The monoisotopic (exact) mass is 215 g/mol. The summed E-state index contributed by atoms with van der Waals surface area (Å²) in [4.78, 5) is 15.3. The van der Waals surface area contributed by atoms with Gasteiger partial charge in [-0.1, -0.05) is 25.1 Å². The Kier molecular flexibility index (Phi) is 3.15. The number of carbonyl (C=O) groups is 1. The smallest absolute Gasteiger partial charge is 0.214 e. The minimum Gasteiger partial charge on any atom is -0.478 e. The molecule has 3 heteroatoms. The van der Waals surface area contributed by atoms with E-state index in [0.29, 0.717) is 18.1 Å². The van der Waals surface area contributed by atoms with Crippen molar-refractivity contribution in [3.63, 3.8) is 0 Å². The van der Waals surface area contributed by atoms with Gasteiger partial charge in [-0.15, -0.1) is 0 Å². The van der Waals surface area contributed by atoms with Crippen molar-refractivity contribution < 1.29 is 9.53 Å². The summed E-state index contributed by atoms with van der Waals surface area (Å²) in [5.41, 5.74) is 1.41. The maximum Gasteiger partial charge on any atom is 0.214 e. The van der Waals surface area contributed by atoms with E-state index in [1.807, 2.05) is 31.2 Å². The topological polar surface area (TPSA) is 39.2 Å². The zero-order valence-corrected chi connectivity index (χ0v) is 9.14. The summed E-state index contributed by atoms with van der Waals surface area (Å²) >= 11 is 0. The van der Waals surface area contributed by atoms with Gasteiger partial charge in [0.2, 0.25) is 5.88 Å². The fourth-order valence-corrected chi connectivity index (χ4v) is 1.56. The third-order valence-electron chi connectivity index (χ3n) is 2.31. The number of fused-ring (bicyclic) bond motifs is 1. The number of carbonyl (C=O) groups excluding carboxylic acids is 1. The van der Waals surface area contributed by atoms with E-state index in [4.69, 9.17) is 4.74 Å². The fourth-order valence-electron chi connectivity index (χ4n) is 1.56. The Morgan fingerprint density at radius 2 is 2.19 bits per heavy atom. The van der Waals surface area contributed by atoms with Gasteiger partial charge in [0.15, 0.2) is 6.29 Å². The zero-order chi connectivity index (χ0) is 11.4. The van der Waals surface area contributed by atoms with Gasteiger partial charge in [0, 0.05) is 17.0 Å². The van der Waals surface area contributed by atoms with Crippen molar-refractivity contribution in [2.45, 2.75) is 13.3 Å². The van der Waals surface area contributed by atoms with Gasteiger partial charge in [-0.05, 0) is 12.5 Å². The number of para-hydroxylation sites is 1. The predicted octanol–water partition coefficient (Wildman–Crippen LogP) is 2.84. The molecular formula is C13H13NO2. The van der Waals surface area contributed by atoms with Gasteiger partial charge in [-0.25, -0.2) is 4.98 Å². The lowest BCUT2D eigenvalue weighted by molar-refractivity contribution is 0.112. The van der Waals surface area contributed by atoms with Crippen LogP contribution in [0.15, 0.2) is 30.3 Å². The van der Waals surface area contributed by atoms with Crippen molar-refractivity contribution in [2.75, 3.05) is 6.61 Å². The van der Waals surface area contributed by atoms with Crippen molar-refractivity contribution >= 4 is 17.2 Å². The van der Waals surface area contributed by atoms with E-state index in [1.165, 1.54) is 0 Å². The Hall–Kier alpha value is -1.90. The summed E-state index contributed by atoms with van der Waals surface area (Å²) in [5.74, 6) is 0.516. The molecule has 0 aliphatic carbocycles. The van der Waals surface area contributed by atoms with Crippen molar-refractivity contribution in [1.82, 2.24) is 4.98 Å². The van der Waals surface area contributed by atoms with Gasteiger partial charge < -0.3 is 4.74 Å². The molecule has 0 spiro atoms. The number of aromatic nitrogens is 1. The lowest BCUT2D eigenvalue weighted by Crippen LogP contribution is -1.99. The molecule has 82 valence electrons. The van der Waals surface area contributed by atoms with E-state index in [1.54, 1.807) is 6.07 Å². The molecule has 0 aliphatic rings. The molecule has 0 unspecified atom stereocenters. The molecule has 0 radical (unpaired) electrons. The average molecular weight is 215 g/mol. The summed E-state index contributed by atoms with van der Waals surface area (Å²) in [6.45, 7) is 2.64. The van der Waals surface area contributed by atoms with E-state index >= 15 is 0 Å². The minimum absolute atomic E-state index is 0.516. The highest BCUT2D eigenvalue weighted by Crippen LogP contribution is 2.20. The first kappa shape index (κ1) is 10.6. The molecule has 3 nitrogen and oxygen atoms in total. The molecule has 0 saturated heterocycles. The molecule has 1 heterocycles. The van der Waals surface area contributed by atoms with Gasteiger partial charge >= 0.3 is 0 Å². The van der Waals surface area contributed by atoms with Crippen molar-refractivity contribution in [3.05, 3.63) is 35.9 Å². The molecule has 2 aromatic rings. The van der Waals surface area contributed by atoms with E-state index in [-0.39, 0.29) is 0 Å². The third-order valence-corrected chi connectivity index (χ3v) is 2.31. The van der Waals surface area contributed by atoms with E-state index in [0.717, 1.165) is 23.6 Å². The summed E-state index contributed by atoms with van der Waals surface area (Å²) in [6, 6.07) is 9.24. The van der Waals surface area contributed by atoms with Crippen LogP contribution in [0, 0.1) is 0 Å². The number of aldehydes is 1. The van der Waals surface area contributed by atoms with Crippen LogP contribution in [0.3, 0.4) is 0 Å². The molecule has 0 saturated carbocycles. The van der Waals surface area contributed by atoms with Gasteiger partial charge in [0.05, 0.1) is 12.1 Å². The van der Waals surface area contributed by atoms with Crippen LogP contribution in [0.1, 0.15) is 23.7 Å². The molecule has 0 atom stereocenters. The van der Waals surface area contributed by atoms with Crippen LogP contribution in [0.5, 0.6) is 5.88 Å². The minimum atomic E-state index is 0.516. The Morgan fingerprint density at radius 3 is 2.94 bits per heavy atom. The van der Waals surface area contributed by atoms with Crippen LogP contribution in [0.2, 0.25) is 0 Å². The molecular weight excluding hydrogens is 202 g/mol. The van der Waals surface area contributed by atoms with Crippen molar-refractivity contribution in [1.29, 1.82) is 0 Å². The number of rotatable bonds is 4. The number of ether oxygens (including phenoxy) is 1. The van der Waals surface area contributed by atoms with Crippen LogP contribution in [0.25, 0.3) is 10.9 Å². The maximum atomic E-state index is 11.0. The fraction of sp³-hybridized carbons (Fsp3) is 0.231. The molecule has 16 heavy (non-hydrogen) atoms. The Morgan fingerprint density at radius 1 is 1.38 bits per heavy atom. The zero-order valence-electron chi connectivity index (χ0n) is 9.14. The molecule has 0 aliphatic heterocycles.